The Bertz CT molecular complexity index is 779. The van der Waals surface area contributed by atoms with Crippen LogP contribution in [0.15, 0.2) is 47.8 Å². The van der Waals surface area contributed by atoms with Crippen LogP contribution in [0.3, 0.4) is 0 Å². The van der Waals surface area contributed by atoms with Crippen molar-refractivity contribution in [2.45, 2.75) is 20.0 Å². The van der Waals surface area contributed by atoms with Crippen molar-refractivity contribution in [1.82, 2.24) is 4.98 Å². The van der Waals surface area contributed by atoms with E-state index in [9.17, 15) is 4.79 Å². The number of carbonyl (C=O) groups excluding carboxylic acids is 1. The Labute approximate surface area is 127 Å². The van der Waals surface area contributed by atoms with Crippen LogP contribution < -0.4 is 0 Å². The maximum absolute atomic E-state index is 12.1. The standard InChI is InChI=1S/C17H15NO2S/c1-2-16-18-15(11-21-16)10-20-17(19)14-8-7-12-5-3-4-6-13(12)9-14/h3-9,11H,2,10H2,1H3. The van der Waals surface area contributed by atoms with Gasteiger partial charge in [0.05, 0.1) is 16.3 Å². The normalized spacial score (nSPS) is 10.7. The van der Waals surface area contributed by atoms with E-state index in [1.54, 1.807) is 17.4 Å². The van der Waals surface area contributed by atoms with Gasteiger partial charge in [0.15, 0.2) is 0 Å². The minimum Gasteiger partial charge on any atom is -0.456 e. The smallest absolute Gasteiger partial charge is 0.338 e. The Balaban J connectivity index is 1.71. The molecule has 0 aliphatic heterocycles. The van der Waals surface area contributed by atoms with Crippen molar-refractivity contribution < 1.29 is 9.53 Å². The van der Waals surface area contributed by atoms with Crippen molar-refractivity contribution in [3.63, 3.8) is 0 Å². The van der Waals surface area contributed by atoms with Crippen LogP contribution in [0.1, 0.15) is 28.0 Å². The SMILES string of the molecule is CCc1nc(COC(=O)c2ccc3ccccc3c2)cs1. The van der Waals surface area contributed by atoms with E-state index in [1.165, 1.54) is 0 Å². The summed E-state index contributed by atoms with van der Waals surface area (Å²) in [6.45, 7) is 2.28. The lowest BCUT2D eigenvalue weighted by molar-refractivity contribution is 0.0468. The molecule has 1 aromatic heterocycles. The third-order valence-electron chi connectivity index (χ3n) is 3.24. The summed E-state index contributed by atoms with van der Waals surface area (Å²) >= 11 is 1.60. The summed E-state index contributed by atoms with van der Waals surface area (Å²) in [5, 5.41) is 5.15. The molecule has 3 rings (SSSR count). The van der Waals surface area contributed by atoms with Crippen molar-refractivity contribution in [3.8, 4) is 0 Å². The molecule has 0 fully saturated rings. The molecule has 0 radical (unpaired) electrons. The number of benzene rings is 2. The lowest BCUT2D eigenvalue weighted by Crippen LogP contribution is -2.05. The second-order valence-electron chi connectivity index (χ2n) is 4.72. The van der Waals surface area contributed by atoms with E-state index in [1.807, 2.05) is 41.8 Å². The van der Waals surface area contributed by atoms with Crippen molar-refractivity contribution in [2.75, 3.05) is 0 Å². The van der Waals surface area contributed by atoms with Gasteiger partial charge >= 0.3 is 5.97 Å². The molecule has 0 aliphatic rings. The quantitative estimate of drug-likeness (QED) is 0.677. The number of thiazole rings is 1. The molecule has 0 amide bonds. The minimum absolute atomic E-state index is 0.224. The molecule has 3 nitrogen and oxygen atoms in total. The second-order valence-corrected chi connectivity index (χ2v) is 5.67. The average molecular weight is 297 g/mol. The highest BCUT2D eigenvalue weighted by Gasteiger charge is 2.09. The summed E-state index contributed by atoms with van der Waals surface area (Å²) in [5.41, 5.74) is 1.38. The van der Waals surface area contributed by atoms with Crippen LogP contribution in [-0.2, 0) is 17.8 Å². The van der Waals surface area contributed by atoms with Crippen LogP contribution in [0, 0.1) is 0 Å². The van der Waals surface area contributed by atoms with Crippen LogP contribution in [0.5, 0.6) is 0 Å². The molecule has 106 valence electrons. The summed E-state index contributed by atoms with van der Waals surface area (Å²) in [7, 11) is 0. The number of ether oxygens (including phenoxy) is 1. The molecule has 0 aliphatic carbocycles. The molecular formula is C17H15NO2S. The molecule has 0 spiro atoms. The second kappa shape index (κ2) is 6.06. The Morgan fingerprint density at radius 1 is 1.19 bits per heavy atom. The number of fused-ring (bicyclic) bond motifs is 1. The number of hydrogen-bond acceptors (Lipinski definition) is 4. The fraction of sp³-hybridized carbons (Fsp3) is 0.176. The molecule has 4 heteroatoms. The van der Waals surface area contributed by atoms with E-state index in [4.69, 9.17) is 4.74 Å². The first-order valence-electron chi connectivity index (χ1n) is 6.85. The summed E-state index contributed by atoms with van der Waals surface area (Å²) < 4.78 is 5.33. The van der Waals surface area contributed by atoms with Gasteiger partial charge in [-0.25, -0.2) is 9.78 Å². The van der Waals surface area contributed by atoms with Gasteiger partial charge in [0.1, 0.15) is 6.61 Å². The lowest BCUT2D eigenvalue weighted by Gasteiger charge is -2.04. The average Bonchev–Trinajstić information content (AvgIpc) is 3.00. The van der Waals surface area contributed by atoms with Gasteiger partial charge in [0.2, 0.25) is 0 Å². The van der Waals surface area contributed by atoms with Gasteiger partial charge in [-0.1, -0.05) is 37.3 Å². The highest BCUT2D eigenvalue weighted by Crippen LogP contribution is 2.17. The van der Waals surface area contributed by atoms with E-state index in [0.717, 1.165) is 27.9 Å². The van der Waals surface area contributed by atoms with Crippen molar-refractivity contribution in [3.05, 3.63) is 64.1 Å². The minimum atomic E-state index is -0.313. The Hall–Kier alpha value is -2.20. The molecule has 3 aromatic rings. The highest BCUT2D eigenvalue weighted by atomic mass is 32.1. The molecule has 0 saturated carbocycles. The van der Waals surface area contributed by atoms with Gasteiger partial charge in [0, 0.05) is 5.38 Å². The predicted octanol–water partition coefficient (Wildman–Crippen LogP) is 4.22. The van der Waals surface area contributed by atoms with E-state index in [2.05, 4.69) is 11.9 Å². The molecule has 1 heterocycles. The molecule has 0 bridgehead atoms. The molecule has 0 N–H and O–H groups in total. The third kappa shape index (κ3) is 3.11. The van der Waals surface area contributed by atoms with E-state index in [-0.39, 0.29) is 12.6 Å². The maximum Gasteiger partial charge on any atom is 0.338 e. The van der Waals surface area contributed by atoms with Gasteiger partial charge in [-0.3, -0.25) is 0 Å². The monoisotopic (exact) mass is 297 g/mol. The predicted molar refractivity (Wildman–Crippen MR) is 84.6 cm³/mol. The Morgan fingerprint density at radius 2 is 2.00 bits per heavy atom. The largest absolute Gasteiger partial charge is 0.456 e. The van der Waals surface area contributed by atoms with Gasteiger partial charge in [0.25, 0.3) is 0 Å². The fourth-order valence-electron chi connectivity index (χ4n) is 2.12. The van der Waals surface area contributed by atoms with Gasteiger partial charge in [-0.05, 0) is 29.3 Å². The Morgan fingerprint density at radius 3 is 2.76 bits per heavy atom. The number of aromatic nitrogens is 1. The van der Waals surface area contributed by atoms with Crippen LogP contribution in [0.2, 0.25) is 0 Å². The zero-order valence-electron chi connectivity index (χ0n) is 11.7. The van der Waals surface area contributed by atoms with Crippen LogP contribution >= 0.6 is 11.3 Å². The van der Waals surface area contributed by atoms with Crippen LogP contribution in [-0.4, -0.2) is 11.0 Å². The summed E-state index contributed by atoms with van der Waals surface area (Å²) in [6.07, 6.45) is 0.906. The number of esters is 1. The van der Waals surface area contributed by atoms with E-state index >= 15 is 0 Å². The van der Waals surface area contributed by atoms with Crippen LogP contribution in [0.25, 0.3) is 10.8 Å². The number of aryl methyl sites for hydroxylation is 1. The molecule has 0 unspecified atom stereocenters. The molecule has 2 aromatic carbocycles. The first kappa shape index (κ1) is 13.8. The highest BCUT2D eigenvalue weighted by molar-refractivity contribution is 7.09. The molecule has 21 heavy (non-hydrogen) atoms. The zero-order chi connectivity index (χ0) is 14.7. The lowest BCUT2D eigenvalue weighted by atomic mass is 10.1. The number of nitrogens with zero attached hydrogens (tertiary/aromatic N) is 1. The van der Waals surface area contributed by atoms with E-state index in [0.29, 0.717) is 5.56 Å². The van der Waals surface area contributed by atoms with E-state index < -0.39 is 0 Å². The maximum atomic E-state index is 12.1. The van der Waals surface area contributed by atoms with Crippen molar-refractivity contribution in [1.29, 1.82) is 0 Å². The first-order chi connectivity index (χ1) is 10.3. The number of carbonyl (C=O) groups is 1. The Kier molecular flexibility index (Phi) is 3.97. The summed E-state index contributed by atoms with van der Waals surface area (Å²) in [6, 6.07) is 13.5. The van der Waals surface area contributed by atoms with Gasteiger partial charge < -0.3 is 4.74 Å². The third-order valence-corrected chi connectivity index (χ3v) is 4.28. The van der Waals surface area contributed by atoms with Crippen LogP contribution in [0.4, 0.5) is 0 Å². The topological polar surface area (TPSA) is 39.2 Å². The van der Waals surface area contributed by atoms with Gasteiger partial charge in [-0.2, -0.15) is 0 Å². The molecule has 0 saturated heterocycles. The fourth-order valence-corrected chi connectivity index (χ4v) is 2.85. The number of hydrogen-bond donors (Lipinski definition) is 0. The summed E-state index contributed by atoms with van der Waals surface area (Å²) in [5.74, 6) is -0.313. The first-order valence-corrected chi connectivity index (χ1v) is 7.73. The van der Waals surface area contributed by atoms with Gasteiger partial charge in [-0.15, -0.1) is 11.3 Å². The van der Waals surface area contributed by atoms with Crippen molar-refractivity contribution in [2.24, 2.45) is 0 Å². The number of rotatable bonds is 4. The molecular weight excluding hydrogens is 282 g/mol. The summed E-state index contributed by atoms with van der Waals surface area (Å²) in [4.78, 5) is 16.5. The van der Waals surface area contributed by atoms with Crippen molar-refractivity contribution >= 4 is 28.1 Å². The molecule has 0 atom stereocenters. The zero-order valence-corrected chi connectivity index (χ0v) is 12.5.